The average Bonchev–Trinajstić information content (AvgIpc) is 2.81. The maximum Gasteiger partial charge on any atom is 0.260 e. The number of amides is 1. The van der Waals surface area contributed by atoms with E-state index in [0.717, 1.165) is 10.9 Å². The highest BCUT2D eigenvalue weighted by molar-refractivity contribution is 6.07. The van der Waals surface area contributed by atoms with Crippen LogP contribution in [0.2, 0.25) is 0 Å². The minimum Gasteiger partial charge on any atom is -0.484 e. The first-order valence-corrected chi connectivity index (χ1v) is 9.99. The van der Waals surface area contributed by atoms with Gasteiger partial charge in [-0.3, -0.25) is 9.59 Å². The van der Waals surface area contributed by atoms with E-state index in [2.05, 4.69) is 18.2 Å². The zero-order valence-corrected chi connectivity index (χ0v) is 16.6. The van der Waals surface area contributed by atoms with Crippen molar-refractivity contribution in [3.8, 4) is 5.75 Å². The van der Waals surface area contributed by atoms with Crippen LogP contribution < -0.4 is 4.74 Å². The molecule has 0 aromatic heterocycles. The summed E-state index contributed by atoms with van der Waals surface area (Å²) in [7, 11) is 0. The lowest BCUT2D eigenvalue weighted by Gasteiger charge is -2.26. The van der Waals surface area contributed by atoms with E-state index in [0.29, 0.717) is 37.6 Å². The van der Waals surface area contributed by atoms with Crippen LogP contribution in [0.25, 0.3) is 16.8 Å². The van der Waals surface area contributed by atoms with Gasteiger partial charge in [-0.1, -0.05) is 42.5 Å². The molecular weight excluding hydrogens is 378 g/mol. The van der Waals surface area contributed by atoms with Gasteiger partial charge in [0.05, 0.1) is 13.2 Å². The number of hydrogen-bond donors (Lipinski definition) is 0. The summed E-state index contributed by atoms with van der Waals surface area (Å²) < 4.78 is 10.8. The molecule has 0 saturated carbocycles. The molecule has 152 valence electrons. The first-order chi connectivity index (χ1) is 14.7. The summed E-state index contributed by atoms with van der Waals surface area (Å²) >= 11 is 0. The maximum atomic E-state index is 12.5. The third kappa shape index (κ3) is 4.93. The van der Waals surface area contributed by atoms with Gasteiger partial charge in [0, 0.05) is 18.7 Å². The van der Waals surface area contributed by atoms with Gasteiger partial charge >= 0.3 is 0 Å². The van der Waals surface area contributed by atoms with Gasteiger partial charge in [-0.05, 0) is 52.7 Å². The van der Waals surface area contributed by atoms with Gasteiger partial charge < -0.3 is 14.4 Å². The first kappa shape index (κ1) is 19.9. The van der Waals surface area contributed by atoms with Crippen LogP contribution in [0.3, 0.4) is 0 Å². The highest BCUT2D eigenvalue weighted by Gasteiger charge is 2.17. The third-order valence-electron chi connectivity index (χ3n) is 5.07. The predicted molar refractivity (Wildman–Crippen MR) is 117 cm³/mol. The van der Waals surface area contributed by atoms with Crippen LogP contribution >= 0.6 is 0 Å². The van der Waals surface area contributed by atoms with Crippen LogP contribution in [-0.4, -0.2) is 49.5 Å². The van der Waals surface area contributed by atoms with E-state index in [1.165, 1.54) is 5.39 Å². The van der Waals surface area contributed by atoms with Gasteiger partial charge in [0.2, 0.25) is 0 Å². The fraction of sp³-hybridized carbons (Fsp3) is 0.200. The van der Waals surface area contributed by atoms with Crippen molar-refractivity contribution in [3.63, 3.8) is 0 Å². The van der Waals surface area contributed by atoms with E-state index in [9.17, 15) is 9.59 Å². The normalized spacial score (nSPS) is 14.2. The molecule has 30 heavy (non-hydrogen) atoms. The predicted octanol–water partition coefficient (Wildman–Crippen LogP) is 3.97. The molecule has 0 atom stereocenters. The van der Waals surface area contributed by atoms with Crippen LogP contribution in [0, 0.1) is 0 Å². The second-order valence-corrected chi connectivity index (χ2v) is 7.11. The third-order valence-corrected chi connectivity index (χ3v) is 5.07. The van der Waals surface area contributed by atoms with Gasteiger partial charge in [0.1, 0.15) is 5.75 Å². The number of ketones is 1. The van der Waals surface area contributed by atoms with Crippen molar-refractivity contribution >= 4 is 28.5 Å². The van der Waals surface area contributed by atoms with Gasteiger partial charge in [-0.2, -0.15) is 0 Å². The second-order valence-electron chi connectivity index (χ2n) is 7.11. The Hall–Kier alpha value is -3.44. The highest BCUT2D eigenvalue weighted by atomic mass is 16.5. The zero-order valence-electron chi connectivity index (χ0n) is 16.6. The molecule has 0 spiro atoms. The summed E-state index contributed by atoms with van der Waals surface area (Å²) in [6, 6.07) is 21.1. The van der Waals surface area contributed by atoms with Crippen molar-refractivity contribution in [1.82, 2.24) is 4.90 Å². The largest absolute Gasteiger partial charge is 0.484 e. The quantitative estimate of drug-likeness (QED) is 0.463. The molecule has 0 aliphatic carbocycles. The lowest BCUT2D eigenvalue weighted by atomic mass is 10.1. The number of hydrogen-bond acceptors (Lipinski definition) is 4. The van der Waals surface area contributed by atoms with Crippen LogP contribution in [-0.2, 0) is 9.53 Å². The molecule has 1 fully saturated rings. The fourth-order valence-corrected chi connectivity index (χ4v) is 3.34. The standard InChI is InChI=1S/C25H23NO4/c27-24(12-6-19-5-7-20-3-1-2-4-22(20)17-19)21-8-10-23(11-9-21)30-18-25(28)26-13-15-29-16-14-26/h1-12,17H,13-16,18H2/b12-6+. The molecule has 3 aromatic carbocycles. The van der Waals surface area contributed by atoms with E-state index >= 15 is 0 Å². The van der Waals surface area contributed by atoms with E-state index in [1.807, 2.05) is 30.3 Å². The minimum atomic E-state index is -0.0842. The topological polar surface area (TPSA) is 55.8 Å². The number of rotatable bonds is 6. The van der Waals surface area contributed by atoms with Crippen LogP contribution in [0.15, 0.2) is 72.8 Å². The molecule has 4 rings (SSSR count). The number of allylic oxidation sites excluding steroid dienone is 1. The van der Waals surface area contributed by atoms with Crippen LogP contribution in [0.5, 0.6) is 5.75 Å². The van der Waals surface area contributed by atoms with E-state index in [-0.39, 0.29) is 18.3 Å². The Morgan fingerprint density at radius 1 is 0.933 bits per heavy atom. The summed E-state index contributed by atoms with van der Waals surface area (Å²) in [5, 5.41) is 2.31. The number of morpholine rings is 1. The Kier molecular flexibility index (Phi) is 6.20. The minimum absolute atomic E-state index is 0.0187. The van der Waals surface area contributed by atoms with Crippen molar-refractivity contribution in [1.29, 1.82) is 0 Å². The van der Waals surface area contributed by atoms with Gasteiger partial charge in [-0.25, -0.2) is 0 Å². The Morgan fingerprint density at radius 2 is 1.67 bits per heavy atom. The summed E-state index contributed by atoms with van der Waals surface area (Å²) in [5.41, 5.74) is 1.54. The molecule has 0 radical (unpaired) electrons. The number of nitrogens with zero attached hydrogens (tertiary/aromatic N) is 1. The van der Waals surface area contributed by atoms with Crippen molar-refractivity contribution in [3.05, 3.63) is 83.9 Å². The van der Waals surface area contributed by atoms with E-state index in [4.69, 9.17) is 9.47 Å². The van der Waals surface area contributed by atoms with Gasteiger partial charge in [0.25, 0.3) is 5.91 Å². The number of carbonyl (C=O) groups excluding carboxylic acids is 2. The molecule has 5 nitrogen and oxygen atoms in total. The van der Waals surface area contributed by atoms with Crippen LogP contribution in [0.1, 0.15) is 15.9 Å². The average molecular weight is 401 g/mol. The summed E-state index contributed by atoms with van der Waals surface area (Å²) in [5.74, 6) is 0.419. The molecule has 1 heterocycles. The fourth-order valence-electron chi connectivity index (χ4n) is 3.34. The molecule has 0 N–H and O–H groups in total. The monoisotopic (exact) mass is 401 g/mol. The lowest BCUT2D eigenvalue weighted by molar-refractivity contribution is -0.137. The molecule has 1 aliphatic rings. The summed E-state index contributed by atoms with van der Waals surface area (Å²) in [4.78, 5) is 26.3. The van der Waals surface area contributed by atoms with Crippen LogP contribution in [0.4, 0.5) is 0 Å². The Morgan fingerprint density at radius 3 is 2.43 bits per heavy atom. The Labute approximate surface area is 175 Å². The van der Waals surface area contributed by atoms with Crippen molar-refractivity contribution in [2.45, 2.75) is 0 Å². The smallest absolute Gasteiger partial charge is 0.260 e. The highest BCUT2D eigenvalue weighted by Crippen LogP contribution is 2.17. The molecule has 5 heteroatoms. The first-order valence-electron chi connectivity index (χ1n) is 9.99. The van der Waals surface area contributed by atoms with Gasteiger partial charge in [-0.15, -0.1) is 0 Å². The van der Waals surface area contributed by atoms with Crippen molar-refractivity contribution < 1.29 is 19.1 Å². The Bertz CT molecular complexity index is 1070. The number of ether oxygens (including phenoxy) is 2. The Balaban J connectivity index is 1.34. The molecular formula is C25H23NO4. The summed E-state index contributed by atoms with van der Waals surface area (Å²) in [6.45, 7) is 2.30. The molecule has 1 saturated heterocycles. The number of benzene rings is 3. The van der Waals surface area contributed by atoms with E-state index in [1.54, 1.807) is 35.2 Å². The van der Waals surface area contributed by atoms with Crippen molar-refractivity contribution in [2.24, 2.45) is 0 Å². The molecule has 3 aromatic rings. The maximum absolute atomic E-state index is 12.5. The molecule has 0 bridgehead atoms. The van der Waals surface area contributed by atoms with Crippen molar-refractivity contribution in [2.75, 3.05) is 32.9 Å². The molecule has 1 aliphatic heterocycles. The lowest BCUT2D eigenvalue weighted by Crippen LogP contribution is -2.42. The number of fused-ring (bicyclic) bond motifs is 1. The summed E-state index contributed by atoms with van der Waals surface area (Å²) in [6.07, 6.45) is 3.39. The SMILES string of the molecule is O=C(/C=C/c1ccc2ccccc2c1)c1ccc(OCC(=O)N2CCOCC2)cc1. The zero-order chi connectivity index (χ0) is 20.8. The van der Waals surface area contributed by atoms with Gasteiger partial charge in [0.15, 0.2) is 12.4 Å². The number of carbonyl (C=O) groups is 2. The van der Waals surface area contributed by atoms with E-state index < -0.39 is 0 Å². The molecule has 1 amide bonds. The molecule has 0 unspecified atom stereocenters. The second kappa shape index (κ2) is 9.37.